The molecule has 190 valence electrons. The van der Waals surface area contributed by atoms with Crippen molar-refractivity contribution < 1.29 is 19.2 Å². The number of carbonyl (C=O) groups excluding carboxylic acids is 4. The first-order valence-corrected chi connectivity index (χ1v) is 12.2. The van der Waals surface area contributed by atoms with Gasteiger partial charge in [-0.25, -0.2) is 0 Å². The van der Waals surface area contributed by atoms with Crippen LogP contribution in [0.3, 0.4) is 0 Å². The van der Waals surface area contributed by atoms with Gasteiger partial charge in [0.25, 0.3) is 0 Å². The largest absolute Gasteiger partial charge is 0.369 e. The van der Waals surface area contributed by atoms with Gasteiger partial charge in [-0.2, -0.15) is 0 Å². The molecule has 1 unspecified atom stereocenters. The number of amides is 4. The van der Waals surface area contributed by atoms with E-state index in [0.717, 1.165) is 26.2 Å². The number of hydrogen-bond donors (Lipinski definition) is 3. The molecule has 2 aliphatic rings. The van der Waals surface area contributed by atoms with Crippen LogP contribution in [0.5, 0.6) is 0 Å². The Morgan fingerprint density at radius 3 is 2.17 bits per heavy atom. The number of benzene rings is 2. The lowest BCUT2D eigenvalue weighted by Gasteiger charge is -2.39. The van der Waals surface area contributed by atoms with E-state index in [4.69, 9.17) is 0 Å². The van der Waals surface area contributed by atoms with E-state index in [0.29, 0.717) is 24.5 Å². The van der Waals surface area contributed by atoms with Crippen molar-refractivity contribution in [1.29, 1.82) is 0 Å². The third-order valence-electron chi connectivity index (χ3n) is 6.37. The second kappa shape index (κ2) is 11.7. The topological polar surface area (TPSA) is 114 Å². The molecule has 1 atom stereocenters. The van der Waals surface area contributed by atoms with Crippen molar-refractivity contribution in [3.05, 3.63) is 54.6 Å². The minimum absolute atomic E-state index is 0.132. The summed E-state index contributed by atoms with van der Waals surface area (Å²) in [5.74, 6) is -1.01. The quantitative estimate of drug-likeness (QED) is 0.534. The maximum Gasteiger partial charge on any atom is 0.243 e. The Bertz CT molecular complexity index is 1080. The smallest absolute Gasteiger partial charge is 0.243 e. The summed E-state index contributed by atoms with van der Waals surface area (Å²) in [7, 11) is 0. The molecular weight excluding hydrogens is 460 g/mol. The zero-order valence-electron chi connectivity index (χ0n) is 20.4. The minimum Gasteiger partial charge on any atom is -0.369 e. The molecule has 3 N–H and O–H groups in total. The summed E-state index contributed by atoms with van der Waals surface area (Å²) in [4.78, 5) is 55.5. The number of hydrogen-bond acceptors (Lipinski definition) is 6. The predicted molar refractivity (Wildman–Crippen MR) is 138 cm³/mol. The van der Waals surface area contributed by atoms with Gasteiger partial charge in [0.15, 0.2) is 0 Å². The number of carbonyl (C=O) groups is 4. The highest BCUT2D eigenvalue weighted by Gasteiger charge is 2.35. The van der Waals surface area contributed by atoms with Crippen LogP contribution in [0, 0.1) is 0 Å². The van der Waals surface area contributed by atoms with Gasteiger partial charge in [0, 0.05) is 63.3 Å². The molecule has 0 aromatic heterocycles. The van der Waals surface area contributed by atoms with Gasteiger partial charge in [0.05, 0.1) is 13.0 Å². The fourth-order valence-corrected chi connectivity index (χ4v) is 4.53. The molecule has 0 aliphatic carbocycles. The Hall–Kier alpha value is -3.92. The Morgan fingerprint density at radius 1 is 0.889 bits per heavy atom. The van der Waals surface area contributed by atoms with Crippen LogP contribution in [0.1, 0.15) is 13.3 Å². The lowest BCUT2D eigenvalue weighted by Crippen LogP contribution is -2.60. The van der Waals surface area contributed by atoms with Crippen molar-refractivity contribution in [2.45, 2.75) is 19.4 Å². The van der Waals surface area contributed by atoms with Gasteiger partial charge in [-0.3, -0.25) is 24.1 Å². The summed E-state index contributed by atoms with van der Waals surface area (Å²) < 4.78 is 0. The van der Waals surface area contributed by atoms with Crippen LogP contribution in [-0.2, 0) is 19.2 Å². The molecule has 2 aromatic carbocycles. The zero-order valence-corrected chi connectivity index (χ0v) is 20.4. The fourth-order valence-electron chi connectivity index (χ4n) is 4.53. The van der Waals surface area contributed by atoms with Gasteiger partial charge in [0.1, 0.15) is 6.04 Å². The highest BCUT2D eigenvalue weighted by Crippen LogP contribution is 2.18. The van der Waals surface area contributed by atoms with Crippen molar-refractivity contribution in [3.8, 4) is 0 Å². The molecule has 2 aromatic rings. The van der Waals surface area contributed by atoms with E-state index < -0.39 is 6.04 Å². The maximum absolute atomic E-state index is 13.2. The third kappa shape index (κ3) is 6.60. The van der Waals surface area contributed by atoms with Crippen molar-refractivity contribution in [1.82, 2.24) is 15.1 Å². The predicted octanol–water partition coefficient (Wildman–Crippen LogP) is 1.12. The van der Waals surface area contributed by atoms with Crippen LogP contribution in [0.2, 0.25) is 0 Å². The number of anilines is 3. The van der Waals surface area contributed by atoms with Crippen molar-refractivity contribution in [2.75, 3.05) is 61.3 Å². The molecule has 2 aliphatic heterocycles. The second-order valence-electron chi connectivity index (χ2n) is 9.00. The fraction of sp³-hybridized carbons (Fsp3) is 0.385. The highest BCUT2D eigenvalue weighted by atomic mass is 16.2. The molecule has 0 radical (unpaired) electrons. The number of piperazine rings is 2. The Labute approximate surface area is 210 Å². The number of nitrogens with zero attached hydrogens (tertiary/aromatic N) is 3. The Kier molecular flexibility index (Phi) is 8.17. The monoisotopic (exact) mass is 492 g/mol. The highest BCUT2D eigenvalue weighted by molar-refractivity contribution is 5.98. The molecular formula is C26H32N6O4. The zero-order chi connectivity index (χ0) is 25.5. The molecule has 36 heavy (non-hydrogen) atoms. The first-order valence-electron chi connectivity index (χ1n) is 12.2. The Balaban J connectivity index is 1.30. The van der Waals surface area contributed by atoms with Gasteiger partial charge in [-0.05, 0) is 36.4 Å². The minimum atomic E-state index is -0.851. The maximum atomic E-state index is 13.2. The number of nitrogens with one attached hydrogen (secondary N) is 3. The average Bonchev–Trinajstić information content (AvgIpc) is 2.87. The summed E-state index contributed by atoms with van der Waals surface area (Å²) in [6.07, 6.45) is -0.132. The first-order chi connectivity index (χ1) is 17.4. The average molecular weight is 493 g/mol. The van der Waals surface area contributed by atoms with E-state index in [-0.39, 0.29) is 36.6 Å². The normalized spacial score (nSPS) is 18.4. The van der Waals surface area contributed by atoms with E-state index in [2.05, 4.69) is 37.9 Å². The van der Waals surface area contributed by atoms with Crippen molar-refractivity contribution >= 4 is 40.7 Å². The molecule has 2 saturated heterocycles. The van der Waals surface area contributed by atoms with Gasteiger partial charge < -0.3 is 25.8 Å². The van der Waals surface area contributed by atoms with Crippen LogP contribution in [-0.4, -0.2) is 85.3 Å². The summed E-state index contributed by atoms with van der Waals surface area (Å²) in [6, 6.07) is 16.0. The van der Waals surface area contributed by atoms with Gasteiger partial charge in [-0.15, -0.1) is 0 Å². The molecule has 4 amide bonds. The van der Waals surface area contributed by atoms with Crippen LogP contribution >= 0.6 is 0 Å². The third-order valence-corrected chi connectivity index (χ3v) is 6.37. The van der Waals surface area contributed by atoms with Crippen LogP contribution in [0.4, 0.5) is 17.1 Å². The lowest BCUT2D eigenvalue weighted by molar-refractivity contribution is -0.145. The second-order valence-corrected chi connectivity index (χ2v) is 9.00. The molecule has 0 bridgehead atoms. The Morgan fingerprint density at radius 2 is 1.53 bits per heavy atom. The van der Waals surface area contributed by atoms with Crippen molar-refractivity contribution in [2.24, 2.45) is 0 Å². The molecule has 0 spiro atoms. The summed E-state index contributed by atoms with van der Waals surface area (Å²) in [5.41, 5.74) is 2.33. The standard InChI is InChI=1S/C26H32N6O4/c1-19(33)28-20-7-9-21(10-8-20)29-24(34)17-23-26(36)27-11-12-32(23)25(35)18-30-13-15-31(16-14-30)22-5-3-2-4-6-22/h2-10,23H,11-18H2,1H3,(H,27,36)(H,28,33)(H,29,34). The molecule has 10 nitrogen and oxygen atoms in total. The van der Waals surface area contributed by atoms with E-state index in [1.165, 1.54) is 17.5 Å². The molecule has 10 heteroatoms. The summed E-state index contributed by atoms with van der Waals surface area (Å²) >= 11 is 0. The van der Waals surface area contributed by atoms with Gasteiger partial charge in [-0.1, -0.05) is 18.2 Å². The number of para-hydroxylation sites is 1. The number of rotatable bonds is 7. The van der Waals surface area contributed by atoms with Crippen molar-refractivity contribution in [3.63, 3.8) is 0 Å². The van der Waals surface area contributed by atoms with E-state index in [1.54, 1.807) is 24.3 Å². The summed E-state index contributed by atoms with van der Waals surface area (Å²) in [6.45, 7) is 5.53. The SMILES string of the molecule is CC(=O)Nc1ccc(NC(=O)CC2C(=O)NCCN2C(=O)CN2CCN(c3ccccc3)CC2)cc1. The molecule has 2 heterocycles. The van der Waals surface area contributed by atoms with Crippen LogP contribution in [0.15, 0.2) is 54.6 Å². The lowest BCUT2D eigenvalue weighted by atomic mass is 10.1. The van der Waals surface area contributed by atoms with Gasteiger partial charge in [0.2, 0.25) is 23.6 Å². The molecule has 0 saturated carbocycles. The molecule has 4 rings (SSSR count). The molecule has 2 fully saturated rings. The van der Waals surface area contributed by atoms with E-state index >= 15 is 0 Å². The summed E-state index contributed by atoms with van der Waals surface area (Å²) in [5, 5.41) is 8.20. The first kappa shape index (κ1) is 25.2. The van der Waals surface area contributed by atoms with Gasteiger partial charge >= 0.3 is 0 Å². The van der Waals surface area contributed by atoms with Crippen LogP contribution < -0.4 is 20.9 Å². The van der Waals surface area contributed by atoms with E-state index in [9.17, 15) is 19.2 Å². The van der Waals surface area contributed by atoms with Crippen LogP contribution in [0.25, 0.3) is 0 Å². The van der Waals surface area contributed by atoms with E-state index in [1.807, 2.05) is 18.2 Å².